The number of aliphatic imine (C=N–C) groups is 1. The van der Waals surface area contributed by atoms with Crippen LogP contribution < -0.4 is 5.32 Å². The average molecular weight is 773 g/mol. The molecule has 0 atom stereocenters. The van der Waals surface area contributed by atoms with Gasteiger partial charge in [0.25, 0.3) is 0 Å². The van der Waals surface area contributed by atoms with E-state index in [0.717, 1.165) is 56.9 Å². The Morgan fingerprint density at radius 1 is 0.717 bits per heavy atom. The quantitative estimate of drug-likeness (QED) is 0.236. The van der Waals surface area contributed by atoms with E-state index in [1.54, 1.807) is 29.0 Å². The first kappa shape index (κ1) is 34.3. The maximum Gasteiger partial charge on any atom is 0.320 e. The summed E-state index contributed by atoms with van der Waals surface area (Å²) in [5.74, 6) is 0.824. The molecule has 10 rings (SSSR count). The lowest BCUT2D eigenvalue weighted by Crippen LogP contribution is -2.49. The molecule has 14 nitrogen and oxygen atoms in total. The predicted octanol–water partition coefficient (Wildman–Crippen LogP) is 5.33. The van der Waals surface area contributed by atoms with Gasteiger partial charge >= 0.3 is 12.1 Å². The van der Waals surface area contributed by atoms with E-state index in [0.29, 0.717) is 83.9 Å². The fraction of sp³-hybridized carbons (Fsp3) is 0.417. The van der Waals surface area contributed by atoms with Crippen molar-refractivity contribution in [1.82, 2.24) is 39.5 Å². The maximum atomic E-state index is 12.9. The van der Waals surface area contributed by atoms with Crippen LogP contribution in [-0.2, 0) is 41.9 Å². The van der Waals surface area contributed by atoms with E-state index in [1.165, 1.54) is 32.8 Å². The van der Waals surface area contributed by atoms with Gasteiger partial charge in [-0.1, -0.05) is 17.7 Å². The fourth-order valence-corrected chi connectivity index (χ4v) is 10.2. The van der Waals surface area contributed by atoms with Gasteiger partial charge in [-0.2, -0.15) is 0 Å². The Morgan fingerprint density at radius 3 is 1.94 bits per heavy atom. The third kappa shape index (κ3) is 6.78. The number of thiophene rings is 2. The summed E-state index contributed by atoms with van der Waals surface area (Å²) in [7, 11) is 0. The molecule has 5 aliphatic rings. The summed E-state index contributed by atoms with van der Waals surface area (Å²) in [6, 6.07) is 6.50. The zero-order valence-electron chi connectivity index (χ0n) is 28.9. The van der Waals surface area contributed by atoms with Gasteiger partial charge in [0, 0.05) is 60.9 Å². The Labute approximate surface area is 318 Å². The van der Waals surface area contributed by atoms with Crippen molar-refractivity contribution in [3.8, 4) is 0 Å². The van der Waals surface area contributed by atoms with E-state index in [9.17, 15) is 9.59 Å². The van der Waals surface area contributed by atoms with Gasteiger partial charge in [-0.05, 0) is 47.2 Å². The third-order valence-electron chi connectivity index (χ3n) is 10.2. The molecule has 4 aromatic heterocycles. The van der Waals surface area contributed by atoms with Gasteiger partial charge in [0.2, 0.25) is 0 Å². The highest BCUT2D eigenvalue weighted by molar-refractivity contribution is 7.19. The molecule has 5 aromatic rings. The zero-order chi connectivity index (χ0) is 35.9. The monoisotopic (exact) mass is 772 g/mol. The summed E-state index contributed by atoms with van der Waals surface area (Å²) in [6.45, 7) is 8.59. The van der Waals surface area contributed by atoms with E-state index in [2.05, 4.69) is 48.4 Å². The first-order valence-electron chi connectivity index (χ1n) is 17.8. The van der Waals surface area contributed by atoms with E-state index >= 15 is 0 Å². The van der Waals surface area contributed by atoms with Crippen molar-refractivity contribution in [3.63, 3.8) is 0 Å². The number of morpholine rings is 2. The van der Waals surface area contributed by atoms with E-state index < -0.39 is 0 Å². The van der Waals surface area contributed by atoms with Crippen LogP contribution in [0.2, 0.25) is 5.15 Å². The second-order valence-electron chi connectivity index (χ2n) is 13.4. The minimum atomic E-state index is 0.101. The molecule has 0 radical (unpaired) electrons. The number of rotatable bonds is 2. The smallest absolute Gasteiger partial charge is 0.320 e. The fourth-order valence-electron chi connectivity index (χ4n) is 7.46. The predicted molar refractivity (Wildman–Crippen MR) is 205 cm³/mol. The Hall–Kier alpha value is -4.48. The SMILES string of the molecule is O=C(N1CCOCC1)N1CCc2c(sc3ncnc(Cl)c23)C1.O=C(N1CCOCC1)N1CCc2c(sc3ncnc(Nc4ccc5c(c4)C=NC5)c23)C1. The topological polar surface area (TPSA) is 142 Å². The van der Waals surface area contributed by atoms with Gasteiger partial charge < -0.3 is 34.4 Å². The van der Waals surface area contributed by atoms with Crippen LogP contribution in [0.5, 0.6) is 0 Å². The third-order valence-corrected chi connectivity index (χ3v) is 12.8. The molecule has 53 heavy (non-hydrogen) atoms. The summed E-state index contributed by atoms with van der Waals surface area (Å²) in [6.07, 6.45) is 6.63. The van der Waals surface area contributed by atoms with Crippen molar-refractivity contribution < 1.29 is 19.1 Å². The van der Waals surface area contributed by atoms with Crippen LogP contribution >= 0.6 is 34.3 Å². The maximum absolute atomic E-state index is 12.9. The molecule has 2 saturated heterocycles. The number of benzene rings is 1. The van der Waals surface area contributed by atoms with Crippen LogP contribution in [0, 0.1) is 0 Å². The van der Waals surface area contributed by atoms with Gasteiger partial charge in [0.15, 0.2) is 0 Å². The van der Waals surface area contributed by atoms with Crippen molar-refractivity contribution in [1.29, 1.82) is 0 Å². The highest BCUT2D eigenvalue weighted by Crippen LogP contribution is 2.39. The summed E-state index contributed by atoms with van der Waals surface area (Å²) in [5, 5.41) is 6.04. The van der Waals surface area contributed by atoms with Gasteiger partial charge in [0.05, 0.1) is 56.8 Å². The molecule has 0 spiro atoms. The summed E-state index contributed by atoms with van der Waals surface area (Å²) < 4.78 is 10.7. The number of carbonyl (C=O) groups excluding carboxylic acids is 2. The number of halogens is 1. The molecule has 0 unspecified atom stereocenters. The number of fused-ring (bicyclic) bond motifs is 7. The number of anilines is 2. The molecule has 0 saturated carbocycles. The molecule has 9 heterocycles. The molecule has 2 fully saturated rings. The van der Waals surface area contributed by atoms with Crippen molar-refractivity contribution in [2.75, 3.05) is 71.0 Å². The summed E-state index contributed by atoms with van der Waals surface area (Å²) in [5.41, 5.74) is 5.86. The summed E-state index contributed by atoms with van der Waals surface area (Å²) >= 11 is 9.48. The standard InChI is InChI=1S/C22H22N6O2S.C14H15ClN4O2S/c29-22(27-5-7-30-8-6-27)28-4-3-17-18(12-28)31-21-19(17)20(24-13-25-21)26-16-2-1-14-10-23-11-15(14)9-16;15-12-11-9-1-2-19(14(20)18-3-5-21-6-4-18)7-10(9)22-13(11)17-8-16-12/h1-2,9,11,13H,3-8,10,12H2,(H,24,25,26);8H,1-7H2. The number of aromatic nitrogens is 4. The molecule has 1 aromatic carbocycles. The van der Waals surface area contributed by atoms with Crippen LogP contribution in [0.3, 0.4) is 0 Å². The second kappa shape index (κ2) is 14.7. The van der Waals surface area contributed by atoms with Crippen molar-refractivity contribution in [2.24, 2.45) is 4.99 Å². The van der Waals surface area contributed by atoms with Crippen LogP contribution in [0.15, 0.2) is 35.8 Å². The molecule has 4 amide bonds. The average Bonchev–Trinajstić information content (AvgIpc) is 3.93. The Balaban J connectivity index is 0.000000149. The lowest BCUT2D eigenvalue weighted by atomic mass is 10.0. The number of carbonyl (C=O) groups is 2. The van der Waals surface area contributed by atoms with Crippen molar-refractivity contribution in [3.05, 3.63) is 68.0 Å². The van der Waals surface area contributed by atoms with Crippen LogP contribution in [-0.4, -0.2) is 124 Å². The Bertz CT molecular complexity index is 2230. The first-order chi connectivity index (χ1) is 26.0. The lowest BCUT2D eigenvalue weighted by Gasteiger charge is -2.34. The number of nitrogens with zero attached hydrogens (tertiary/aromatic N) is 9. The highest BCUT2D eigenvalue weighted by atomic mass is 35.5. The van der Waals surface area contributed by atoms with E-state index in [4.69, 9.17) is 21.1 Å². The number of hydrogen-bond acceptors (Lipinski definition) is 12. The van der Waals surface area contributed by atoms with Gasteiger partial charge in [0.1, 0.15) is 33.3 Å². The molecule has 1 N–H and O–H groups in total. The number of hydrogen-bond donors (Lipinski definition) is 1. The Kier molecular flexibility index (Phi) is 9.54. The highest BCUT2D eigenvalue weighted by Gasteiger charge is 2.31. The molecular formula is C36H37ClN10O4S2. The number of amides is 4. The molecule has 17 heteroatoms. The molecule has 0 aliphatic carbocycles. The first-order valence-corrected chi connectivity index (χ1v) is 19.8. The lowest BCUT2D eigenvalue weighted by molar-refractivity contribution is 0.0423. The molecule has 5 aliphatic heterocycles. The van der Waals surface area contributed by atoms with Gasteiger partial charge in [-0.3, -0.25) is 4.99 Å². The largest absolute Gasteiger partial charge is 0.378 e. The number of urea groups is 2. The zero-order valence-corrected chi connectivity index (χ0v) is 31.3. The molecule has 0 bridgehead atoms. The van der Waals surface area contributed by atoms with Crippen molar-refractivity contribution >= 4 is 84.5 Å². The van der Waals surface area contributed by atoms with Crippen LogP contribution in [0.4, 0.5) is 21.1 Å². The van der Waals surface area contributed by atoms with Crippen molar-refractivity contribution in [2.45, 2.75) is 32.5 Å². The minimum absolute atomic E-state index is 0.101. The van der Waals surface area contributed by atoms with Gasteiger partial charge in [-0.25, -0.2) is 29.5 Å². The Morgan fingerprint density at radius 2 is 1.30 bits per heavy atom. The minimum Gasteiger partial charge on any atom is -0.378 e. The van der Waals surface area contributed by atoms with Gasteiger partial charge in [-0.15, -0.1) is 22.7 Å². The normalized spacial score (nSPS) is 18.1. The van der Waals surface area contributed by atoms with Crippen LogP contribution in [0.1, 0.15) is 32.0 Å². The molecule has 274 valence electrons. The second-order valence-corrected chi connectivity index (χ2v) is 15.9. The number of ether oxygens (including phenoxy) is 2. The summed E-state index contributed by atoms with van der Waals surface area (Å²) in [4.78, 5) is 59.2. The van der Waals surface area contributed by atoms with Crippen LogP contribution in [0.25, 0.3) is 20.4 Å². The number of nitrogens with one attached hydrogen (secondary N) is 1. The molecular weight excluding hydrogens is 736 g/mol. The van der Waals surface area contributed by atoms with E-state index in [1.807, 2.05) is 25.8 Å². The van der Waals surface area contributed by atoms with E-state index in [-0.39, 0.29) is 12.1 Å².